The summed E-state index contributed by atoms with van der Waals surface area (Å²) in [5, 5.41) is 10.2. The highest BCUT2D eigenvalue weighted by Gasteiger charge is 2.57. The Kier molecular flexibility index (Phi) is 2.66. The van der Waals surface area contributed by atoms with Gasteiger partial charge < -0.3 is 14.6 Å². The molecular weight excluding hydrogens is 264 g/mol. The van der Waals surface area contributed by atoms with Crippen molar-refractivity contribution in [3.05, 3.63) is 23.3 Å². The zero-order valence-electron chi connectivity index (χ0n) is 13.1. The van der Waals surface area contributed by atoms with Crippen LogP contribution >= 0.6 is 0 Å². The highest BCUT2D eigenvalue weighted by atomic mass is 16.7. The summed E-state index contributed by atoms with van der Waals surface area (Å²) >= 11 is 0. The Morgan fingerprint density at radius 1 is 1.24 bits per heavy atom. The highest BCUT2D eigenvalue weighted by Crippen LogP contribution is 2.60. The molecule has 1 spiro atoms. The molecule has 5 rings (SSSR count). The van der Waals surface area contributed by atoms with Gasteiger partial charge in [-0.25, -0.2) is 0 Å². The van der Waals surface area contributed by atoms with Gasteiger partial charge in [0.2, 0.25) is 0 Å². The second-order valence-electron chi connectivity index (χ2n) is 7.78. The number of aryl methyl sites for hydroxylation is 1. The third-order valence-electron chi connectivity index (χ3n) is 6.10. The maximum Gasteiger partial charge on any atom is 0.200 e. The molecule has 1 aromatic carbocycles. The molecule has 1 N–H and O–H groups in total. The fourth-order valence-corrected chi connectivity index (χ4v) is 4.96. The van der Waals surface area contributed by atoms with Crippen molar-refractivity contribution in [2.24, 2.45) is 11.3 Å². The summed E-state index contributed by atoms with van der Waals surface area (Å²) in [4.78, 5) is 0. The summed E-state index contributed by atoms with van der Waals surface area (Å²) in [6, 6.07) is 3.92. The molecule has 1 aliphatic carbocycles. The Morgan fingerprint density at radius 2 is 2.05 bits per heavy atom. The molecule has 3 atom stereocenters. The van der Waals surface area contributed by atoms with E-state index < -0.39 is 0 Å². The molecule has 3 heterocycles. The fraction of sp³-hybridized carbons (Fsp3) is 0.667. The molecular formula is C18H24O3. The SMILES string of the molecule is Cc1cc2c(cc1O)[C@@]13CCCC(C)(C)[C@@H]1C[C@@H](OC3)O2. The van der Waals surface area contributed by atoms with Crippen LogP contribution in [0.25, 0.3) is 0 Å². The van der Waals surface area contributed by atoms with Gasteiger partial charge >= 0.3 is 0 Å². The van der Waals surface area contributed by atoms with Crippen molar-refractivity contribution < 1.29 is 14.6 Å². The van der Waals surface area contributed by atoms with E-state index in [0.29, 0.717) is 17.1 Å². The van der Waals surface area contributed by atoms with Crippen LogP contribution in [0.1, 0.15) is 50.7 Å². The molecule has 2 fully saturated rings. The average molecular weight is 288 g/mol. The third kappa shape index (κ3) is 1.76. The van der Waals surface area contributed by atoms with Gasteiger partial charge in [-0.15, -0.1) is 0 Å². The molecule has 1 aromatic rings. The second-order valence-corrected chi connectivity index (χ2v) is 7.78. The Morgan fingerprint density at radius 3 is 2.86 bits per heavy atom. The minimum Gasteiger partial charge on any atom is -0.508 e. The zero-order chi connectivity index (χ0) is 14.8. The smallest absolute Gasteiger partial charge is 0.200 e. The lowest BCUT2D eigenvalue weighted by molar-refractivity contribution is -0.170. The monoisotopic (exact) mass is 288 g/mol. The normalized spacial score (nSPS) is 36.3. The lowest BCUT2D eigenvalue weighted by Gasteiger charge is -2.54. The van der Waals surface area contributed by atoms with E-state index in [4.69, 9.17) is 9.47 Å². The molecule has 3 aliphatic heterocycles. The van der Waals surface area contributed by atoms with Crippen LogP contribution in [-0.2, 0) is 10.2 Å². The summed E-state index contributed by atoms with van der Waals surface area (Å²) in [6.07, 6.45) is 4.43. The first-order valence-electron chi connectivity index (χ1n) is 8.05. The molecule has 1 saturated heterocycles. The molecule has 0 radical (unpaired) electrons. The van der Waals surface area contributed by atoms with Crippen molar-refractivity contribution in [2.45, 2.75) is 58.2 Å². The van der Waals surface area contributed by atoms with Crippen molar-refractivity contribution in [1.82, 2.24) is 0 Å². The quantitative estimate of drug-likeness (QED) is 0.787. The Hall–Kier alpha value is -1.22. The Balaban J connectivity index is 1.94. The lowest BCUT2D eigenvalue weighted by Crippen LogP contribution is -2.53. The number of aromatic hydroxyl groups is 1. The van der Waals surface area contributed by atoms with Gasteiger partial charge in [-0.3, -0.25) is 0 Å². The molecule has 3 heteroatoms. The Labute approximate surface area is 126 Å². The summed E-state index contributed by atoms with van der Waals surface area (Å²) in [5.41, 5.74) is 2.35. The average Bonchev–Trinajstić information content (AvgIpc) is 2.64. The van der Waals surface area contributed by atoms with Gasteiger partial charge in [0.25, 0.3) is 0 Å². The highest BCUT2D eigenvalue weighted by molar-refractivity contribution is 5.51. The number of phenolic OH excluding ortho intramolecular Hbond substituents is 1. The standard InChI is InChI=1S/C18H24O3/c1-11-7-14-12(8-13(11)19)18-6-4-5-17(2,3)15(18)9-16(21-14)20-10-18/h7-8,15-16,19H,4-6,9-10H2,1-3H3/t15-,16-,18-/m0/s1. The van der Waals surface area contributed by atoms with Crippen LogP contribution in [0.4, 0.5) is 0 Å². The van der Waals surface area contributed by atoms with Gasteiger partial charge in [0.05, 0.1) is 6.61 Å². The fourth-order valence-electron chi connectivity index (χ4n) is 4.96. The largest absolute Gasteiger partial charge is 0.508 e. The number of rotatable bonds is 0. The molecule has 3 nitrogen and oxygen atoms in total. The van der Waals surface area contributed by atoms with E-state index in [1.165, 1.54) is 18.4 Å². The first-order valence-corrected chi connectivity index (χ1v) is 8.05. The summed E-state index contributed by atoms with van der Waals surface area (Å²) in [7, 11) is 0. The van der Waals surface area contributed by atoms with Crippen LogP contribution in [0.2, 0.25) is 0 Å². The predicted molar refractivity (Wildman–Crippen MR) is 80.6 cm³/mol. The predicted octanol–water partition coefficient (Wildman–Crippen LogP) is 3.90. The number of hydrogen-bond donors (Lipinski definition) is 1. The van der Waals surface area contributed by atoms with Crippen LogP contribution in [0, 0.1) is 18.3 Å². The van der Waals surface area contributed by atoms with Crippen molar-refractivity contribution in [1.29, 1.82) is 0 Å². The van der Waals surface area contributed by atoms with E-state index in [1.54, 1.807) is 0 Å². The van der Waals surface area contributed by atoms with Crippen molar-refractivity contribution >= 4 is 0 Å². The summed E-state index contributed by atoms with van der Waals surface area (Å²) < 4.78 is 12.1. The number of benzene rings is 1. The van der Waals surface area contributed by atoms with Crippen LogP contribution in [0.15, 0.2) is 12.1 Å². The zero-order valence-corrected chi connectivity index (χ0v) is 13.1. The number of ether oxygens (including phenoxy) is 2. The molecule has 0 amide bonds. The molecule has 4 aliphatic rings. The lowest BCUT2D eigenvalue weighted by atomic mass is 9.52. The number of fused-ring (bicyclic) bond motifs is 1. The number of phenols is 1. The second kappa shape index (κ2) is 4.16. The van der Waals surface area contributed by atoms with Gasteiger partial charge in [-0.2, -0.15) is 0 Å². The molecule has 1 saturated carbocycles. The van der Waals surface area contributed by atoms with Crippen molar-refractivity contribution in [2.75, 3.05) is 6.61 Å². The van der Waals surface area contributed by atoms with Gasteiger partial charge in [-0.05, 0) is 48.8 Å². The maximum absolute atomic E-state index is 10.2. The van der Waals surface area contributed by atoms with E-state index in [0.717, 1.165) is 30.8 Å². The van der Waals surface area contributed by atoms with Crippen molar-refractivity contribution in [3.8, 4) is 11.5 Å². The van der Waals surface area contributed by atoms with Crippen LogP contribution < -0.4 is 4.74 Å². The van der Waals surface area contributed by atoms with E-state index >= 15 is 0 Å². The summed E-state index contributed by atoms with van der Waals surface area (Å²) in [5.74, 6) is 1.85. The van der Waals surface area contributed by atoms with E-state index in [-0.39, 0.29) is 11.7 Å². The minimum atomic E-state index is -0.134. The first-order chi connectivity index (χ1) is 9.92. The number of hydrogen-bond acceptors (Lipinski definition) is 3. The van der Waals surface area contributed by atoms with Gasteiger partial charge in [0.15, 0.2) is 6.29 Å². The molecule has 21 heavy (non-hydrogen) atoms. The third-order valence-corrected chi connectivity index (χ3v) is 6.10. The van der Waals surface area contributed by atoms with Gasteiger partial charge in [0.1, 0.15) is 11.5 Å². The van der Waals surface area contributed by atoms with E-state index in [9.17, 15) is 5.11 Å². The van der Waals surface area contributed by atoms with Gasteiger partial charge in [0, 0.05) is 17.4 Å². The van der Waals surface area contributed by atoms with Crippen LogP contribution in [0.3, 0.4) is 0 Å². The van der Waals surface area contributed by atoms with Crippen molar-refractivity contribution in [3.63, 3.8) is 0 Å². The molecule has 0 aromatic heterocycles. The van der Waals surface area contributed by atoms with E-state index in [1.807, 2.05) is 19.1 Å². The van der Waals surface area contributed by atoms with E-state index in [2.05, 4.69) is 13.8 Å². The molecule has 114 valence electrons. The van der Waals surface area contributed by atoms with Crippen LogP contribution in [0.5, 0.6) is 11.5 Å². The molecule has 0 unspecified atom stereocenters. The minimum absolute atomic E-state index is 0.00919. The molecule has 2 bridgehead atoms. The Bertz CT molecular complexity index is 592. The van der Waals surface area contributed by atoms with Crippen LogP contribution in [-0.4, -0.2) is 18.0 Å². The van der Waals surface area contributed by atoms with Gasteiger partial charge in [-0.1, -0.05) is 20.3 Å². The topological polar surface area (TPSA) is 38.7 Å². The summed E-state index contributed by atoms with van der Waals surface area (Å²) in [6.45, 7) is 7.41. The first kappa shape index (κ1) is 13.4. The maximum atomic E-state index is 10.2.